The van der Waals surface area contributed by atoms with Gasteiger partial charge >= 0.3 is 5.97 Å². The van der Waals surface area contributed by atoms with Crippen molar-refractivity contribution in [2.75, 3.05) is 0 Å². The van der Waals surface area contributed by atoms with Crippen molar-refractivity contribution in [3.63, 3.8) is 0 Å². The molecule has 0 aliphatic heterocycles. The summed E-state index contributed by atoms with van der Waals surface area (Å²) in [5.41, 5.74) is 8.92. The van der Waals surface area contributed by atoms with E-state index in [-0.39, 0.29) is 11.5 Å². The van der Waals surface area contributed by atoms with E-state index in [0.29, 0.717) is 12.1 Å². The first-order valence-corrected chi connectivity index (χ1v) is 11.5. The Morgan fingerprint density at radius 1 is 0.829 bits per heavy atom. The average molecular weight is 465 g/mol. The Morgan fingerprint density at radius 3 is 1.94 bits per heavy atom. The number of nitrogens with zero attached hydrogens (tertiary/aromatic N) is 2. The standard InChI is InChI=1S/C30H28N2O3/c1-19-6-4-5-7-27(19)28(18-29(32-35)26-16-20(2)31-21(3)17-26)24-12-8-22(9-13-24)23-10-14-25(15-11-23)30(33)34/h4-17,28,35H,18H2,1-3H3,(H,33,34)/b32-29+/t28-/m1/s1. The van der Waals surface area contributed by atoms with Crippen LogP contribution in [0.4, 0.5) is 0 Å². The van der Waals surface area contributed by atoms with Gasteiger partial charge in [0.1, 0.15) is 0 Å². The van der Waals surface area contributed by atoms with Gasteiger partial charge < -0.3 is 10.3 Å². The van der Waals surface area contributed by atoms with Crippen LogP contribution in [0, 0.1) is 20.8 Å². The summed E-state index contributed by atoms with van der Waals surface area (Å²) in [6, 6.07) is 27.3. The first-order chi connectivity index (χ1) is 16.9. The Balaban J connectivity index is 1.70. The van der Waals surface area contributed by atoms with E-state index in [4.69, 9.17) is 5.11 Å². The van der Waals surface area contributed by atoms with Crippen molar-refractivity contribution in [2.45, 2.75) is 33.1 Å². The number of aromatic nitrogens is 1. The number of hydrogen-bond acceptors (Lipinski definition) is 4. The van der Waals surface area contributed by atoms with E-state index >= 15 is 0 Å². The number of benzene rings is 3. The SMILES string of the molecule is Cc1cc(/C(C[C@H](c2ccc(-c3ccc(C(=O)O)cc3)cc2)c2ccccc2C)=N/O)cc(C)n1. The van der Waals surface area contributed by atoms with Crippen molar-refractivity contribution < 1.29 is 15.1 Å². The number of aromatic carboxylic acids is 1. The summed E-state index contributed by atoms with van der Waals surface area (Å²) >= 11 is 0. The van der Waals surface area contributed by atoms with Gasteiger partial charge in [-0.25, -0.2) is 4.79 Å². The molecule has 1 heterocycles. The molecule has 0 saturated heterocycles. The number of pyridine rings is 1. The van der Waals surface area contributed by atoms with Crippen molar-refractivity contribution in [3.8, 4) is 11.1 Å². The van der Waals surface area contributed by atoms with Crippen molar-refractivity contribution >= 4 is 11.7 Å². The first-order valence-electron chi connectivity index (χ1n) is 11.5. The Hall–Kier alpha value is -4.25. The molecule has 4 aromatic rings. The molecule has 0 saturated carbocycles. The predicted molar refractivity (Wildman–Crippen MR) is 139 cm³/mol. The molecule has 35 heavy (non-hydrogen) atoms. The summed E-state index contributed by atoms with van der Waals surface area (Å²) in [7, 11) is 0. The van der Waals surface area contributed by atoms with Crippen LogP contribution in [0.5, 0.6) is 0 Å². The Kier molecular flexibility index (Phi) is 7.06. The number of rotatable bonds is 7. The molecular formula is C30H28N2O3. The minimum absolute atomic E-state index is 0.0145. The number of carboxylic acids is 1. The summed E-state index contributed by atoms with van der Waals surface area (Å²) in [5.74, 6) is -0.951. The lowest BCUT2D eigenvalue weighted by atomic mass is 9.83. The molecule has 0 spiro atoms. The molecule has 0 unspecified atom stereocenters. The van der Waals surface area contributed by atoms with E-state index in [0.717, 1.165) is 33.6 Å². The molecule has 0 aliphatic rings. The molecule has 0 bridgehead atoms. The number of hydrogen-bond donors (Lipinski definition) is 2. The molecule has 3 aromatic carbocycles. The normalized spacial score (nSPS) is 12.4. The highest BCUT2D eigenvalue weighted by Crippen LogP contribution is 2.33. The van der Waals surface area contributed by atoms with E-state index in [1.165, 1.54) is 11.1 Å². The van der Waals surface area contributed by atoms with Gasteiger partial charge in [-0.3, -0.25) is 4.98 Å². The van der Waals surface area contributed by atoms with Crippen molar-refractivity contribution in [1.82, 2.24) is 4.98 Å². The van der Waals surface area contributed by atoms with Gasteiger partial charge in [0.15, 0.2) is 0 Å². The monoisotopic (exact) mass is 464 g/mol. The number of carboxylic acid groups (broad SMARTS) is 1. The number of carbonyl (C=O) groups is 1. The minimum atomic E-state index is -0.936. The zero-order chi connectivity index (χ0) is 24.9. The third kappa shape index (κ3) is 5.46. The fourth-order valence-corrected chi connectivity index (χ4v) is 4.51. The van der Waals surface area contributed by atoms with Gasteiger partial charge in [-0.2, -0.15) is 0 Å². The maximum Gasteiger partial charge on any atom is 0.335 e. The largest absolute Gasteiger partial charge is 0.478 e. The Bertz CT molecular complexity index is 1350. The average Bonchev–Trinajstić information content (AvgIpc) is 2.85. The van der Waals surface area contributed by atoms with Crippen LogP contribution in [0.25, 0.3) is 11.1 Å². The summed E-state index contributed by atoms with van der Waals surface area (Å²) in [6.45, 7) is 5.97. The lowest BCUT2D eigenvalue weighted by Gasteiger charge is -2.21. The summed E-state index contributed by atoms with van der Waals surface area (Å²) in [6.07, 6.45) is 0.525. The summed E-state index contributed by atoms with van der Waals surface area (Å²) < 4.78 is 0. The van der Waals surface area contributed by atoms with Crippen LogP contribution in [0.2, 0.25) is 0 Å². The molecular weight excluding hydrogens is 436 g/mol. The molecule has 1 atom stereocenters. The van der Waals surface area contributed by atoms with E-state index in [1.807, 2.05) is 62.4 Å². The van der Waals surface area contributed by atoms with Crippen LogP contribution in [0.3, 0.4) is 0 Å². The fraction of sp³-hybridized carbons (Fsp3) is 0.167. The van der Waals surface area contributed by atoms with E-state index in [1.54, 1.807) is 12.1 Å². The van der Waals surface area contributed by atoms with Crippen LogP contribution in [-0.2, 0) is 0 Å². The predicted octanol–water partition coefficient (Wildman–Crippen LogP) is 6.77. The molecule has 1 aromatic heterocycles. The Morgan fingerprint density at radius 2 is 1.40 bits per heavy atom. The summed E-state index contributed by atoms with van der Waals surface area (Å²) in [5, 5.41) is 22.8. The topological polar surface area (TPSA) is 82.8 Å². The Labute approximate surface area is 205 Å². The molecule has 5 nitrogen and oxygen atoms in total. The highest BCUT2D eigenvalue weighted by Gasteiger charge is 2.21. The summed E-state index contributed by atoms with van der Waals surface area (Å²) in [4.78, 5) is 15.6. The van der Waals surface area contributed by atoms with E-state index < -0.39 is 5.97 Å². The van der Waals surface area contributed by atoms with Gasteiger partial charge in [0, 0.05) is 29.3 Å². The molecule has 0 radical (unpaired) electrons. The van der Waals surface area contributed by atoms with Gasteiger partial charge in [-0.1, -0.05) is 65.8 Å². The van der Waals surface area contributed by atoms with E-state index in [9.17, 15) is 10.0 Å². The van der Waals surface area contributed by atoms with Gasteiger partial charge in [0.05, 0.1) is 11.3 Å². The third-order valence-corrected chi connectivity index (χ3v) is 6.28. The fourth-order valence-electron chi connectivity index (χ4n) is 4.51. The molecule has 2 N–H and O–H groups in total. The maximum atomic E-state index is 11.2. The number of aryl methyl sites for hydroxylation is 3. The second kappa shape index (κ2) is 10.3. The second-order valence-electron chi connectivity index (χ2n) is 8.80. The molecule has 0 fully saturated rings. The minimum Gasteiger partial charge on any atom is -0.478 e. The molecule has 0 aliphatic carbocycles. The molecule has 0 amide bonds. The van der Waals surface area contributed by atoms with Gasteiger partial charge in [-0.05, 0) is 72.9 Å². The third-order valence-electron chi connectivity index (χ3n) is 6.28. The van der Waals surface area contributed by atoms with Crippen molar-refractivity contribution in [2.24, 2.45) is 5.16 Å². The smallest absolute Gasteiger partial charge is 0.335 e. The van der Waals surface area contributed by atoms with Crippen LogP contribution in [-0.4, -0.2) is 27.0 Å². The zero-order valence-corrected chi connectivity index (χ0v) is 20.1. The maximum absolute atomic E-state index is 11.2. The molecule has 5 heteroatoms. The second-order valence-corrected chi connectivity index (χ2v) is 8.80. The van der Waals surface area contributed by atoms with Crippen LogP contribution in [0.1, 0.15) is 56.3 Å². The first kappa shape index (κ1) is 23.9. The highest BCUT2D eigenvalue weighted by molar-refractivity contribution is 6.01. The zero-order valence-electron chi connectivity index (χ0n) is 20.1. The van der Waals surface area contributed by atoms with Crippen LogP contribution < -0.4 is 0 Å². The van der Waals surface area contributed by atoms with Crippen LogP contribution >= 0.6 is 0 Å². The van der Waals surface area contributed by atoms with Gasteiger partial charge in [-0.15, -0.1) is 0 Å². The highest BCUT2D eigenvalue weighted by atomic mass is 16.4. The molecule has 4 rings (SSSR count). The number of oxime groups is 1. The van der Waals surface area contributed by atoms with Crippen LogP contribution in [0.15, 0.2) is 90.1 Å². The van der Waals surface area contributed by atoms with Crippen molar-refractivity contribution in [3.05, 3.63) is 124 Å². The lowest BCUT2D eigenvalue weighted by Crippen LogP contribution is -2.12. The lowest BCUT2D eigenvalue weighted by molar-refractivity contribution is 0.0697. The van der Waals surface area contributed by atoms with Gasteiger partial charge in [0.25, 0.3) is 0 Å². The van der Waals surface area contributed by atoms with E-state index in [2.05, 4.69) is 41.3 Å². The molecule has 176 valence electrons. The van der Waals surface area contributed by atoms with Gasteiger partial charge in [0.2, 0.25) is 0 Å². The van der Waals surface area contributed by atoms with Crippen molar-refractivity contribution in [1.29, 1.82) is 0 Å². The quantitative estimate of drug-likeness (QED) is 0.180.